The molecule has 0 aliphatic rings. The summed E-state index contributed by atoms with van der Waals surface area (Å²) >= 11 is 5.81. The Balaban J connectivity index is 2.11. The van der Waals surface area contributed by atoms with E-state index in [2.05, 4.69) is 15.2 Å². The van der Waals surface area contributed by atoms with Gasteiger partial charge in [0.1, 0.15) is 5.15 Å². The van der Waals surface area contributed by atoms with Crippen molar-refractivity contribution in [2.75, 3.05) is 0 Å². The van der Waals surface area contributed by atoms with Crippen LogP contribution in [0.4, 0.5) is 0 Å². The van der Waals surface area contributed by atoms with Gasteiger partial charge in [-0.2, -0.15) is 5.10 Å². The second-order valence-electron chi connectivity index (χ2n) is 4.32. The third-order valence-corrected chi connectivity index (χ3v) is 3.20. The van der Waals surface area contributed by atoms with Crippen LogP contribution in [0.15, 0.2) is 36.7 Å². The maximum Gasteiger partial charge on any atom is 0.193 e. The highest BCUT2D eigenvalue weighted by Crippen LogP contribution is 2.20. The first kappa shape index (κ1) is 11.9. The zero-order chi connectivity index (χ0) is 13.4. The van der Waals surface area contributed by atoms with Gasteiger partial charge in [0.15, 0.2) is 5.78 Å². The number of aromatic nitrogens is 3. The van der Waals surface area contributed by atoms with Gasteiger partial charge in [-0.25, -0.2) is 4.98 Å². The van der Waals surface area contributed by atoms with Crippen LogP contribution in [0.3, 0.4) is 0 Å². The summed E-state index contributed by atoms with van der Waals surface area (Å²) in [6, 6.07) is 6.89. The molecule has 94 valence electrons. The number of H-pyrrole nitrogens is 1. The molecule has 0 aliphatic carbocycles. The minimum Gasteiger partial charge on any atom is -0.289 e. The number of halogens is 1. The molecule has 0 aliphatic heterocycles. The zero-order valence-corrected chi connectivity index (χ0v) is 10.9. The molecule has 0 amide bonds. The summed E-state index contributed by atoms with van der Waals surface area (Å²) in [5.74, 6) is -0.0736. The average Bonchev–Trinajstić information content (AvgIpc) is 2.86. The second kappa shape index (κ2) is 4.48. The lowest BCUT2D eigenvalue weighted by molar-refractivity contribution is 0.103. The van der Waals surface area contributed by atoms with E-state index < -0.39 is 0 Å². The van der Waals surface area contributed by atoms with Gasteiger partial charge in [-0.05, 0) is 36.8 Å². The fourth-order valence-electron chi connectivity index (χ4n) is 2.08. The topological polar surface area (TPSA) is 58.6 Å². The Morgan fingerprint density at radius 1 is 1.26 bits per heavy atom. The first-order valence-electron chi connectivity index (χ1n) is 5.75. The maximum atomic E-state index is 12.4. The van der Waals surface area contributed by atoms with Crippen molar-refractivity contribution < 1.29 is 4.79 Å². The second-order valence-corrected chi connectivity index (χ2v) is 4.71. The van der Waals surface area contributed by atoms with Gasteiger partial charge in [0, 0.05) is 22.7 Å². The van der Waals surface area contributed by atoms with Gasteiger partial charge < -0.3 is 0 Å². The Labute approximate surface area is 114 Å². The van der Waals surface area contributed by atoms with Gasteiger partial charge in [0.2, 0.25) is 0 Å². The molecule has 0 bridgehead atoms. The third kappa shape index (κ3) is 2.11. The molecule has 0 atom stereocenters. The molecule has 5 heteroatoms. The van der Waals surface area contributed by atoms with Crippen LogP contribution in [0.2, 0.25) is 5.15 Å². The number of pyridine rings is 1. The summed E-state index contributed by atoms with van der Waals surface area (Å²) in [6.45, 7) is 1.94. The molecule has 2 aromatic heterocycles. The summed E-state index contributed by atoms with van der Waals surface area (Å²) < 4.78 is 0. The predicted molar refractivity (Wildman–Crippen MR) is 73.5 cm³/mol. The van der Waals surface area contributed by atoms with Gasteiger partial charge in [0.05, 0.1) is 11.7 Å². The summed E-state index contributed by atoms with van der Waals surface area (Å²) in [5.41, 5.74) is 3.08. The van der Waals surface area contributed by atoms with Crippen molar-refractivity contribution in [1.82, 2.24) is 15.2 Å². The van der Waals surface area contributed by atoms with E-state index in [0.717, 1.165) is 16.5 Å². The molecule has 3 aromatic rings. The minimum atomic E-state index is -0.0736. The van der Waals surface area contributed by atoms with Crippen LogP contribution in [0, 0.1) is 6.92 Å². The van der Waals surface area contributed by atoms with Crippen molar-refractivity contribution >= 4 is 28.3 Å². The van der Waals surface area contributed by atoms with E-state index in [1.165, 1.54) is 6.20 Å². The lowest BCUT2D eigenvalue weighted by Crippen LogP contribution is -2.02. The van der Waals surface area contributed by atoms with Crippen LogP contribution < -0.4 is 0 Å². The Morgan fingerprint density at radius 2 is 2.11 bits per heavy atom. The number of nitrogens with one attached hydrogen (secondary N) is 1. The molecule has 0 fully saturated rings. The number of carbonyl (C=O) groups excluding carboxylic acids is 1. The molecule has 0 unspecified atom stereocenters. The van der Waals surface area contributed by atoms with Crippen molar-refractivity contribution in [3.63, 3.8) is 0 Å². The minimum absolute atomic E-state index is 0.0736. The largest absolute Gasteiger partial charge is 0.289 e. The number of rotatable bonds is 2. The molecule has 1 N–H and O–H groups in total. The van der Waals surface area contributed by atoms with Crippen LogP contribution in [-0.4, -0.2) is 21.0 Å². The van der Waals surface area contributed by atoms with Gasteiger partial charge in [-0.1, -0.05) is 11.6 Å². The maximum absolute atomic E-state index is 12.4. The lowest BCUT2D eigenvalue weighted by atomic mass is 10.0. The summed E-state index contributed by atoms with van der Waals surface area (Å²) in [6.07, 6.45) is 3.23. The van der Waals surface area contributed by atoms with E-state index in [0.29, 0.717) is 16.3 Å². The molecule has 2 heterocycles. The molecular weight excluding hydrogens is 262 g/mol. The van der Waals surface area contributed by atoms with Crippen molar-refractivity contribution in [1.29, 1.82) is 0 Å². The normalized spacial score (nSPS) is 10.8. The Bertz CT molecular complexity index is 779. The lowest BCUT2D eigenvalue weighted by Gasteiger charge is -2.04. The summed E-state index contributed by atoms with van der Waals surface area (Å²) in [7, 11) is 0. The van der Waals surface area contributed by atoms with Crippen molar-refractivity contribution in [3.8, 4) is 0 Å². The zero-order valence-electron chi connectivity index (χ0n) is 10.1. The highest BCUT2D eigenvalue weighted by molar-refractivity contribution is 6.30. The highest BCUT2D eigenvalue weighted by atomic mass is 35.5. The van der Waals surface area contributed by atoms with Crippen LogP contribution in [0.5, 0.6) is 0 Å². The quantitative estimate of drug-likeness (QED) is 0.575. The van der Waals surface area contributed by atoms with E-state index in [4.69, 9.17) is 11.6 Å². The number of hydrogen-bond acceptors (Lipinski definition) is 3. The number of ketones is 1. The average molecular weight is 272 g/mol. The fourth-order valence-corrected chi connectivity index (χ4v) is 2.25. The van der Waals surface area contributed by atoms with Crippen LogP contribution in [0.1, 0.15) is 21.5 Å². The molecule has 19 heavy (non-hydrogen) atoms. The van der Waals surface area contributed by atoms with E-state index in [-0.39, 0.29) is 5.78 Å². The smallest absolute Gasteiger partial charge is 0.193 e. The highest BCUT2D eigenvalue weighted by Gasteiger charge is 2.12. The number of aryl methyl sites for hydroxylation is 1. The number of carbonyl (C=O) groups is 1. The van der Waals surface area contributed by atoms with Crippen molar-refractivity contribution in [3.05, 3.63) is 58.5 Å². The number of nitrogens with zero attached hydrogens (tertiary/aromatic N) is 2. The van der Waals surface area contributed by atoms with Gasteiger partial charge in [-0.15, -0.1) is 0 Å². The molecular formula is C14H10ClN3O. The number of hydrogen-bond donors (Lipinski definition) is 1. The van der Waals surface area contributed by atoms with E-state index in [1.54, 1.807) is 18.3 Å². The number of benzene rings is 1. The fraction of sp³-hybridized carbons (Fsp3) is 0.0714. The van der Waals surface area contributed by atoms with Gasteiger partial charge in [0.25, 0.3) is 0 Å². The number of fused-ring (bicyclic) bond motifs is 1. The summed E-state index contributed by atoms with van der Waals surface area (Å²) in [5, 5.41) is 8.12. The molecule has 0 saturated carbocycles. The number of aromatic amines is 1. The molecule has 4 nitrogen and oxygen atoms in total. The predicted octanol–water partition coefficient (Wildman–Crippen LogP) is 3.15. The Kier molecular flexibility index (Phi) is 2.80. The van der Waals surface area contributed by atoms with Crippen LogP contribution in [-0.2, 0) is 0 Å². The first-order chi connectivity index (χ1) is 9.15. The molecule has 0 radical (unpaired) electrons. The standard InChI is InChI=1S/C14H10ClN3O/c1-8-4-10(5-11-7-17-18-13(8)11)14(19)9-2-3-16-12(15)6-9/h2-7H,1H3,(H,17,18). The SMILES string of the molecule is Cc1cc(C(=O)c2ccnc(Cl)c2)cc2cn[nH]c12. The third-order valence-electron chi connectivity index (χ3n) is 3.00. The molecule has 1 aromatic carbocycles. The summed E-state index contributed by atoms with van der Waals surface area (Å²) in [4.78, 5) is 16.3. The Hall–Kier alpha value is -2.20. The molecule has 0 saturated heterocycles. The Morgan fingerprint density at radius 3 is 2.89 bits per heavy atom. The van der Waals surface area contributed by atoms with E-state index >= 15 is 0 Å². The first-order valence-corrected chi connectivity index (χ1v) is 6.13. The van der Waals surface area contributed by atoms with E-state index in [1.807, 2.05) is 19.1 Å². The van der Waals surface area contributed by atoms with Crippen molar-refractivity contribution in [2.45, 2.75) is 6.92 Å². The van der Waals surface area contributed by atoms with E-state index in [9.17, 15) is 4.79 Å². The molecule has 0 spiro atoms. The van der Waals surface area contributed by atoms with Crippen LogP contribution >= 0.6 is 11.6 Å². The van der Waals surface area contributed by atoms with Gasteiger partial charge in [-0.3, -0.25) is 9.89 Å². The monoisotopic (exact) mass is 271 g/mol. The van der Waals surface area contributed by atoms with Crippen LogP contribution in [0.25, 0.3) is 10.9 Å². The van der Waals surface area contributed by atoms with Gasteiger partial charge >= 0.3 is 0 Å². The van der Waals surface area contributed by atoms with Crippen molar-refractivity contribution in [2.24, 2.45) is 0 Å². The molecule has 3 rings (SSSR count).